The second-order valence-corrected chi connectivity index (χ2v) is 8.13. The molecule has 5 nitrogen and oxygen atoms in total. The predicted molar refractivity (Wildman–Crippen MR) is 82.1 cm³/mol. The maximum atomic E-state index is 12.5. The van der Waals surface area contributed by atoms with Crippen molar-refractivity contribution in [1.82, 2.24) is 4.72 Å². The van der Waals surface area contributed by atoms with Crippen LogP contribution < -0.4 is 4.72 Å². The van der Waals surface area contributed by atoms with E-state index in [-0.39, 0.29) is 21.9 Å². The van der Waals surface area contributed by atoms with Crippen LogP contribution in [0, 0.1) is 19.3 Å². The van der Waals surface area contributed by atoms with Crippen LogP contribution in [0.4, 0.5) is 0 Å². The second kappa shape index (κ2) is 5.77. The molecule has 0 aliphatic heterocycles. The van der Waals surface area contributed by atoms with Crippen molar-refractivity contribution in [2.45, 2.75) is 52.5 Å². The fourth-order valence-corrected chi connectivity index (χ4v) is 3.53. The van der Waals surface area contributed by atoms with Crippen LogP contribution in [-0.2, 0) is 10.0 Å². The van der Waals surface area contributed by atoms with Crippen LogP contribution in [0.1, 0.15) is 49.2 Å². The molecule has 0 aromatic heterocycles. The third-order valence-electron chi connectivity index (χ3n) is 3.67. The van der Waals surface area contributed by atoms with Gasteiger partial charge in [0.2, 0.25) is 10.0 Å². The normalized spacial score (nSPS) is 14.0. The van der Waals surface area contributed by atoms with Crippen molar-refractivity contribution in [1.29, 1.82) is 0 Å². The highest BCUT2D eigenvalue weighted by atomic mass is 32.2. The van der Waals surface area contributed by atoms with Gasteiger partial charge in [0.05, 0.1) is 10.5 Å². The van der Waals surface area contributed by atoms with Crippen LogP contribution in [0.25, 0.3) is 0 Å². The van der Waals surface area contributed by atoms with Crippen molar-refractivity contribution >= 4 is 16.0 Å². The summed E-state index contributed by atoms with van der Waals surface area (Å²) in [5.41, 5.74) is 0.847. The molecule has 0 saturated carbocycles. The monoisotopic (exact) mass is 313 g/mol. The van der Waals surface area contributed by atoms with Gasteiger partial charge in [-0.05, 0) is 43.4 Å². The summed E-state index contributed by atoms with van der Waals surface area (Å²) in [6.07, 6.45) is 0. The molecule has 118 valence electrons. The zero-order valence-electron chi connectivity index (χ0n) is 13.3. The molecule has 0 saturated heterocycles. The Morgan fingerprint density at radius 1 is 1.19 bits per heavy atom. The lowest BCUT2D eigenvalue weighted by atomic mass is 9.89. The molecule has 6 heteroatoms. The van der Waals surface area contributed by atoms with Gasteiger partial charge in [-0.25, -0.2) is 17.9 Å². The molecule has 0 aliphatic rings. The van der Waals surface area contributed by atoms with Gasteiger partial charge in [0.1, 0.15) is 0 Å². The summed E-state index contributed by atoms with van der Waals surface area (Å²) in [4.78, 5) is 11.2. The summed E-state index contributed by atoms with van der Waals surface area (Å²) in [6, 6.07) is 2.53. The maximum Gasteiger partial charge on any atom is 0.335 e. The smallest absolute Gasteiger partial charge is 0.335 e. The van der Waals surface area contributed by atoms with Crippen LogP contribution in [0.15, 0.2) is 17.0 Å². The first kappa shape index (κ1) is 17.7. The number of carbonyl (C=O) groups is 1. The molecule has 0 amide bonds. The van der Waals surface area contributed by atoms with Gasteiger partial charge < -0.3 is 5.11 Å². The van der Waals surface area contributed by atoms with Gasteiger partial charge in [-0.3, -0.25) is 0 Å². The van der Waals surface area contributed by atoms with E-state index in [9.17, 15) is 13.2 Å². The summed E-state index contributed by atoms with van der Waals surface area (Å²) in [5.74, 6) is -1.13. The SMILES string of the molecule is Cc1cc(C)c(S(=O)(=O)NC(C)C(C)(C)C)cc1C(=O)O. The molecular formula is C15H23NO4S. The zero-order chi connectivity index (χ0) is 16.6. The van der Waals surface area contributed by atoms with E-state index in [1.165, 1.54) is 6.07 Å². The summed E-state index contributed by atoms with van der Waals surface area (Å²) < 4.78 is 27.6. The molecule has 0 aliphatic carbocycles. The van der Waals surface area contributed by atoms with Crippen molar-refractivity contribution in [3.8, 4) is 0 Å². The van der Waals surface area contributed by atoms with Gasteiger partial charge in [0.15, 0.2) is 0 Å². The Hall–Kier alpha value is -1.40. The van der Waals surface area contributed by atoms with E-state index in [1.54, 1.807) is 26.8 Å². The number of hydrogen-bond donors (Lipinski definition) is 2. The van der Waals surface area contributed by atoms with Gasteiger partial charge in [-0.15, -0.1) is 0 Å². The molecule has 0 heterocycles. The average molecular weight is 313 g/mol. The predicted octanol–water partition coefficient (Wildman–Crippen LogP) is 2.71. The molecule has 0 radical (unpaired) electrons. The van der Waals surface area contributed by atoms with Gasteiger partial charge in [-0.2, -0.15) is 0 Å². The Bertz CT molecular complexity index is 657. The van der Waals surface area contributed by atoms with Crippen molar-refractivity contribution < 1.29 is 18.3 Å². The van der Waals surface area contributed by atoms with Gasteiger partial charge in [0, 0.05) is 6.04 Å². The van der Waals surface area contributed by atoms with Crippen molar-refractivity contribution in [3.63, 3.8) is 0 Å². The second-order valence-electron chi connectivity index (χ2n) is 6.45. The summed E-state index contributed by atoms with van der Waals surface area (Å²) in [7, 11) is -3.76. The van der Waals surface area contributed by atoms with Crippen molar-refractivity contribution in [2.75, 3.05) is 0 Å². The van der Waals surface area contributed by atoms with E-state index < -0.39 is 16.0 Å². The first-order valence-electron chi connectivity index (χ1n) is 6.73. The Labute approximate surface area is 126 Å². The molecule has 1 aromatic carbocycles. The third kappa shape index (κ3) is 4.04. The van der Waals surface area contributed by atoms with Crippen molar-refractivity contribution in [2.24, 2.45) is 5.41 Å². The average Bonchev–Trinajstić information content (AvgIpc) is 2.25. The number of carboxylic acid groups (broad SMARTS) is 1. The number of benzene rings is 1. The lowest BCUT2D eigenvalue weighted by Crippen LogP contribution is -2.41. The number of hydrogen-bond acceptors (Lipinski definition) is 3. The number of nitrogens with one attached hydrogen (secondary N) is 1. The molecule has 2 N–H and O–H groups in total. The van der Waals surface area contributed by atoms with Gasteiger partial charge in [-0.1, -0.05) is 26.8 Å². The minimum atomic E-state index is -3.76. The van der Waals surface area contributed by atoms with E-state index in [4.69, 9.17) is 5.11 Å². The molecule has 1 atom stereocenters. The number of rotatable bonds is 4. The summed E-state index contributed by atoms with van der Waals surface area (Å²) >= 11 is 0. The minimum absolute atomic E-state index is 0.00406. The molecule has 1 unspecified atom stereocenters. The number of carboxylic acids is 1. The Kier molecular flexibility index (Phi) is 4.85. The highest BCUT2D eigenvalue weighted by Crippen LogP contribution is 2.24. The molecule has 0 bridgehead atoms. The molecule has 0 fully saturated rings. The lowest BCUT2D eigenvalue weighted by Gasteiger charge is -2.28. The van der Waals surface area contributed by atoms with Crippen LogP contribution in [0.3, 0.4) is 0 Å². The number of aryl methyl sites for hydroxylation is 2. The number of aromatic carboxylic acids is 1. The quantitative estimate of drug-likeness (QED) is 0.895. The third-order valence-corrected chi connectivity index (χ3v) is 5.36. The van der Waals surface area contributed by atoms with Crippen LogP contribution in [0.2, 0.25) is 0 Å². The van der Waals surface area contributed by atoms with E-state index in [2.05, 4.69) is 4.72 Å². The highest BCUT2D eigenvalue weighted by Gasteiger charge is 2.27. The molecular weight excluding hydrogens is 290 g/mol. The highest BCUT2D eigenvalue weighted by molar-refractivity contribution is 7.89. The largest absolute Gasteiger partial charge is 0.478 e. The van der Waals surface area contributed by atoms with Crippen molar-refractivity contribution in [3.05, 3.63) is 28.8 Å². The zero-order valence-corrected chi connectivity index (χ0v) is 14.1. The van der Waals surface area contributed by atoms with Crippen LogP contribution >= 0.6 is 0 Å². The fourth-order valence-electron chi connectivity index (χ4n) is 1.83. The molecule has 1 aromatic rings. The molecule has 1 rings (SSSR count). The Morgan fingerprint density at radius 2 is 1.71 bits per heavy atom. The molecule has 0 spiro atoms. The maximum absolute atomic E-state index is 12.5. The van der Waals surface area contributed by atoms with Crippen LogP contribution in [0.5, 0.6) is 0 Å². The minimum Gasteiger partial charge on any atom is -0.478 e. The summed E-state index contributed by atoms with van der Waals surface area (Å²) in [6.45, 7) is 10.9. The van der Waals surface area contributed by atoms with Crippen LogP contribution in [-0.4, -0.2) is 25.5 Å². The van der Waals surface area contributed by atoms with E-state index >= 15 is 0 Å². The Morgan fingerprint density at radius 3 is 2.14 bits per heavy atom. The van der Waals surface area contributed by atoms with E-state index in [0.717, 1.165) is 0 Å². The topological polar surface area (TPSA) is 83.5 Å². The summed E-state index contributed by atoms with van der Waals surface area (Å²) in [5, 5.41) is 9.14. The molecule has 21 heavy (non-hydrogen) atoms. The fraction of sp³-hybridized carbons (Fsp3) is 0.533. The first-order valence-corrected chi connectivity index (χ1v) is 8.21. The van der Waals surface area contributed by atoms with Gasteiger partial charge in [0.25, 0.3) is 0 Å². The van der Waals surface area contributed by atoms with E-state index in [1.807, 2.05) is 20.8 Å². The Balaban J connectivity index is 3.32. The lowest BCUT2D eigenvalue weighted by molar-refractivity contribution is 0.0696. The standard InChI is InChI=1S/C15H23NO4S/c1-9-7-10(2)13(8-12(9)14(17)18)21(19,20)16-11(3)15(4,5)6/h7-8,11,16H,1-6H3,(H,17,18). The number of sulfonamides is 1. The first-order chi connectivity index (χ1) is 9.36. The van der Waals surface area contributed by atoms with Gasteiger partial charge >= 0.3 is 5.97 Å². The van der Waals surface area contributed by atoms with E-state index in [0.29, 0.717) is 11.1 Å².